The number of hydrogen-bond donors (Lipinski definition) is 1. The van der Waals surface area contributed by atoms with E-state index < -0.39 is 5.97 Å². The molecule has 1 unspecified atom stereocenters. The highest BCUT2D eigenvalue weighted by Gasteiger charge is 2.25. The van der Waals surface area contributed by atoms with Gasteiger partial charge in [0.1, 0.15) is 5.75 Å². The Morgan fingerprint density at radius 3 is 2.55 bits per heavy atom. The molecule has 3 rings (SSSR count). The van der Waals surface area contributed by atoms with Crippen LogP contribution < -0.4 is 10.1 Å². The maximum absolute atomic E-state index is 12.8. The highest BCUT2D eigenvalue weighted by atomic mass is 16.5. The number of carbonyl (C=O) groups is 2. The van der Waals surface area contributed by atoms with E-state index >= 15 is 0 Å². The van der Waals surface area contributed by atoms with E-state index in [0.717, 1.165) is 11.3 Å². The Labute approximate surface area is 194 Å². The van der Waals surface area contributed by atoms with Gasteiger partial charge in [-0.15, -0.1) is 6.58 Å². The summed E-state index contributed by atoms with van der Waals surface area (Å²) in [5.41, 5.74) is 1.80. The van der Waals surface area contributed by atoms with Crippen molar-refractivity contribution < 1.29 is 23.8 Å². The molecule has 0 aromatic heterocycles. The number of urea groups is 1. The van der Waals surface area contributed by atoms with Crippen LogP contribution in [0.1, 0.15) is 22.0 Å². The average molecular weight is 454 g/mol. The molecule has 1 aliphatic rings. The van der Waals surface area contributed by atoms with Crippen LogP contribution in [0.2, 0.25) is 0 Å². The van der Waals surface area contributed by atoms with Crippen LogP contribution in [0, 0.1) is 0 Å². The molecule has 8 nitrogen and oxygen atoms in total. The standard InChI is InChI=1S/C25H31N3O5/c1-4-16-33-23(19-8-7-9-20(17-19)31-2)18-27-12-14-28(15-13-27)25(30)26-22-11-6-5-10-21(22)24(29)32-3/h4-11,17,23H,1,12-16,18H2,2-3H3,(H,26,30). The number of hydrogen-bond acceptors (Lipinski definition) is 6. The summed E-state index contributed by atoms with van der Waals surface area (Å²) < 4.78 is 16.2. The molecule has 2 amide bonds. The molecular weight excluding hydrogens is 422 g/mol. The normalized spacial score (nSPS) is 14.9. The fourth-order valence-corrected chi connectivity index (χ4v) is 3.72. The van der Waals surface area contributed by atoms with Gasteiger partial charge in [0.15, 0.2) is 0 Å². The summed E-state index contributed by atoms with van der Waals surface area (Å²) >= 11 is 0. The maximum Gasteiger partial charge on any atom is 0.339 e. The molecule has 0 radical (unpaired) electrons. The minimum atomic E-state index is -0.487. The second-order valence-corrected chi connectivity index (χ2v) is 7.64. The molecule has 1 N–H and O–H groups in total. The van der Waals surface area contributed by atoms with Gasteiger partial charge in [-0.2, -0.15) is 0 Å². The zero-order chi connectivity index (χ0) is 23.6. The Bertz CT molecular complexity index is 957. The topological polar surface area (TPSA) is 80.3 Å². The number of anilines is 1. The highest BCUT2D eigenvalue weighted by molar-refractivity contribution is 6.00. The van der Waals surface area contributed by atoms with Gasteiger partial charge in [-0.1, -0.05) is 30.3 Å². The van der Waals surface area contributed by atoms with Gasteiger partial charge in [-0.25, -0.2) is 9.59 Å². The van der Waals surface area contributed by atoms with Crippen LogP contribution >= 0.6 is 0 Å². The Morgan fingerprint density at radius 2 is 1.85 bits per heavy atom. The molecule has 0 saturated carbocycles. The molecule has 1 fully saturated rings. The van der Waals surface area contributed by atoms with Crippen LogP contribution in [0.15, 0.2) is 61.2 Å². The number of carbonyl (C=O) groups excluding carboxylic acids is 2. The number of nitrogens with one attached hydrogen (secondary N) is 1. The van der Waals surface area contributed by atoms with E-state index in [4.69, 9.17) is 14.2 Å². The van der Waals surface area contributed by atoms with Gasteiger partial charge in [0.25, 0.3) is 0 Å². The first-order chi connectivity index (χ1) is 16.0. The fourth-order valence-electron chi connectivity index (χ4n) is 3.72. The number of piperazine rings is 1. The van der Waals surface area contributed by atoms with Crippen molar-refractivity contribution in [2.75, 3.05) is 58.9 Å². The van der Waals surface area contributed by atoms with E-state index in [1.54, 1.807) is 42.4 Å². The van der Waals surface area contributed by atoms with Crippen LogP contribution in [0.5, 0.6) is 5.75 Å². The molecule has 1 saturated heterocycles. The van der Waals surface area contributed by atoms with Crippen molar-refractivity contribution >= 4 is 17.7 Å². The maximum atomic E-state index is 12.8. The smallest absolute Gasteiger partial charge is 0.339 e. The Kier molecular flexibility index (Phi) is 8.86. The van der Waals surface area contributed by atoms with Crippen LogP contribution in [-0.4, -0.2) is 75.4 Å². The van der Waals surface area contributed by atoms with Crippen LogP contribution in [0.3, 0.4) is 0 Å². The Morgan fingerprint density at radius 1 is 1.09 bits per heavy atom. The molecule has 2 aromatic carbocycles. The van der Waals surface area contributed by atoms with Gasteiger partial charge in [0, 0.05) is 32.7 Å². The van der Waals surface area contributed by atoms with Gasteiger partial charge >= 0.3 is 12.0 Å². The zero-order valence-corrected chi connectivity index (χ0v) is 19.2. The first kappa shape index (κ1) is 24.3. The lowest BCUT2D eigenvalue weighted by Gasteiger charge is -2.36. The van der Waals surface area contributed by atoms with Crippen molar-refractivity contribution in [2.45, 2.75) is 6.10 Å². The number of benzene rings is 2. The number of amides is 2. The molecule has 1 atom stereocenters. The van der Waals surface area contributed by atoms with Crippen LogP contribution in [-0.2, 0) is 9.47 Å². The lowest BCUT2D eigenvalue weighted by Crippen LogP contribution is -2.51. The number of esters is 1. The molecule has 1 aliphatic heterocycles. The molecule has 1 heterocycles. The fraction of sp³-hybridized carbons (Fsp3) is 0.360. The summed E-state index contributed by atoms with van der Waals surface area (Å²) in [7, 11) is 2.96. The summed E-state index contributed by atoms with van der Waals surface area (Å²) in [6, 6.07) is 14.4. The van der Waals surface area contributed by atoms with E-state index in [1.807, 2.05) is 24.3 Å². The third-order valence-electron chi connectivity index (χ3n) is 5.54. The molecule has 0 aliphatic carbocycles. The molecule has 8 heteroatoms. The van der Waals surface area contributed by atoms with Gasteiger partial charge in [-0.05, 0) is 29.8 Å². The number of rotatable bonds is 9. The van der Waals surface area contributed by atoms with Gasteiger partial charge < -0.3 is 24.4 Å². The molecule has 33 heavy (non-hydrogen) atoms. The van der Waals surface area contributed by atoms with E-state index in [0.29, 0.717) is 50.6 Å². The van der Waals surface area contributed by atoms with Crippen molar-refractivity contribution in [1.82, 2.24) is 9.80 Å². The first-order valence-electron chi connectivity index (χ1n) is 10.9. The molecule has 0 spiro atoms. The zero-order valence-electron chi connectivity index (χ0n) is 19.2. The van der Waals surface area contributed by atoms with Gasteiger partial charge in [0.05, 0.1) is 38.2 Å². The molecule has 176 valence electrons. The second-order valence-electron chi connectivity index (χ2n) is 7.64. The summed E-state index contributed by atoms with van der Waals surface area (Å²) in [6.45, 7) is 7.45. The monoisotopic (exact) mass is 453 g/mol. The average Bonchev–Trinajstić information content (AvgIpc) is 2.86. The lowest BCUT2D eigenvalue weighted by molar-refractivity contribution is 0.0301. The summed E-state index contributed by atoms with van der Waals surface area (Å²) in [5, 5.41) is 2.84. The SMILES string of the molecule is C=CCOC(CN1CCN(C(=O)Nc2ccccc2C(=O)OC)CC1)c1cccc(OC)c1. The van der Waals surface area contributed by atoms with Gasteiger partial charge in [0.2, 0.25) is 0 Å². The highest BCUT2D eigenvalue weighted by Crippen LogP contribution is 2.24. The molecule has 0 bridgehead atoms. The van der Waals surface area contributed by atoms with Crippen molar-refractivity contribution in [3.63, 3.8) is 0 Å². The van der Waals surface area contributed by atoms with E-state index in [-0.39, 0.29) is 12.1 Å². The van der Waals surface area contributed by atoms with Crippen molar-refractivity contribution in [3.8, 4) is 5.75 Å². The summed E-state index contributed by atoms with van der Waals surface area (Å²) in [4.78, 5) is 28.8. The first-order valence-corrected chi connectivity index (χ1v) is 10.9. The third kappa shape index (κ3) is 6.57. The van der Waals surface area contributed by atoms with Gasteiger partial charge in [-0.3, -0.25) is 4.90 Å². The van der Waals surface area contributed by atoms with Crippen molar-refractivity contribution in [2.24, 2.45) is 0 Å². The second kappa shape index (κ2) is 12.0. The minimum Gasteiger partial charge on any atom is -0.497 e. The number of para-hydroxylation sites is 1. The lowest BCUT2D eigenvalue weighted by atomic mass is 10.1. The predicted octanol–water partition coefficient (Wildman–Crippen LogP) is 3.58. The summed E-state index contributed by atoms with van der Waals surface area (Å²) in [6.07, 6.45) is 1.60. The largest absolute Gasteiger partial charge is 0.497 e. The minimum absolute atomic E-state index is 0.134. The Balaban J connectivity index is 1.58. The van der Waals surface area contributed by atoms with E-state index in [1.165, 1.54) is 7.11 Å². The van der Waals surface area contributed by atoms with Crippen LogP contribution in [0.4, 0.5) is 10.5 Å². The number of ether oxygens (including phenoxy) is 3. The third-order valence-corrected chi connectivity index (χ3v) is 5.54. The Hall–Kier alpha value is -3.36. The molecular formula is C25H31N3O5. The molecule has 2 aromatic rings. The van der Waals surface area contributed by atoms with Crippen molar-refractivity contribution in [1.29, 1.82) is 0 Å². The van der Waals surface area contributed by atoms with E-state index in [9.17, 15) is 9.59 Å². The predicted molar refractivity (Wildman–Crippen MR) is 127 cm³/mol. The quantitative estimate of drug-likeness (QED) is 0.462. The van der Waals surface area contributed by atoms with E-state index in [2.05, 4.69) is 16.8 Å². The number of nitrogens with zero attached hydrogens (tertiary/aromatic N) is 2. The van der Waals surface area contributed by atoms with Crippen LogP contribution in [0.25, 0.3) is 0 Å². The van der Waals surface area contributed by atoms with Crippen molar-refractivity contribution in [3.05, 3.63) is 72.3 Å². The summed E-state index contributed by atoms with van der Waals surface area (Å²) in [5.74, 6) is 0.298. The number of methoxy groups -OCH3 is 2.